The van der Waals surface area contributed by atoms with Gasteiger partial charge in [-0.3, -0.25) is 0 Å². The van der Waals surface area contributed by atoms with Crippen LogP contribution in [0.25, 0.3) is 0 Å². The van der Waals surface area contributed by atoms with Gasteiger partial charge in [0.25, 0.3) is 0 Å². The van der Waals surface area contributed by atoms with Crippen LogP contribution in [0.3, 0.4) is 0 Å². The molecule has 0 aliphatic carbocycles. The van der Waals surface area contributed by atoms with Gasteiger partial charge in [0.15, 0.2) is 0 Å². The Kier molecular flexibility index (Phi) is 6.16. The number of hydrogen-bond donors (Lipinski definition) is 1. The first kappa shape index (κ1) is 15.0. The summed E-state index contributed by atoms with van der Waals surface area (Å²) in [6.45, 7) is 7.41. The van der Waals surface area contributed by atoms with Crippen LogP contribution in [0.4, 0.5) is 5.69 Å². The Morgan fingerprint density at radius 2 is 1.61 bits per heavy atom. The average Bonchev–Trinajstić information content (AvgIpc) is 2.34. The summed E-state index contributed by atoms with van der Waals surface area (Å²) in [5.41, 5.74) is 2.62. The first-order chi connectivity index (χ1) is 8.49. The number of nitrogens with zero attached hydrogens (tertiary/aromatic N) is 2. The van der Waals surface area contributed by atoms with Gasteiger partial charge in [0.05, 0.1) is 0 Å². The Labute approximate surface area is 112 Å². The van der Waals surface area contributed by atoms with Gasteiger partial charge in [-0.15, -0.1) is 0 Å². The first-order valence-corrected chi connectivity index (χ1v) is 6.67. The predicted molar refractivity (Wildman–Crippen MR) is 80.2 cm³/mol. The van der Waals surface area contributed by atoms with Crippen molar-refractivity contribution in [3.05, 3.63) is 29.8 Å². The first-order valence-electron chi connectivity index (χ1n) is 6.67. The predicted octanol–water partition coefficient (Wildman–Crippen LogP) is 2.18. The molecule has 0 aliphatic heterocycles. The second-order valence-electron chi connectivity index (χ2n) is 5.43. The van der Waals surface area contributed by atoms with Gasteiger partial charge in [-0.25, -0.2) is 0 Å². The van der Waals surface area contributed by atoms with Gasteiger partial charge in [0, 0.05) is 38.4 Å². The molecule has 0 aliphatic rings. The molecule has 3 heteroatoms. The zero-order chi connectivity index (χ0) is 13.5. The van der Waals surface area contributed by atoms with Crippen molar-refractivity contribution in [3.63, 3.8) is 0 Å². The molecule has 0 bridgehead atoms. The van der Waals surface area contributed by atoms with Crippen molar-refractivity contribution in [2.45, 2.75) is 26.4 Å². The SMILES string of the molecule is CC(C)NCc1ccc(N(C)CCN(C)C)cc1. The van der Waals surface area contributed by atoms with E-state index in [9.17, 15) is 0 Å². The van der Waals surface area contributed by atoms with Crippen LogP contribution >= 0.6 is 0 Å². The van der Waals surface area contributed by atoms with Gasteiger partial charge < -0.3 is 15.1 Å². The minimum atomic E-state index is 0.535. The van der Waals surface area contributed by atoms with E-state index in [1.165, 1.54) is 11.3 Å². The summed E-state index contributed by atoms with van der Waals surface area (Å²) in [6.07, 6.45) is 0. The van der Waals surface area contributed by atoms with Gasteiger partial charge in [0.1, 0.15) is 0 Å². The topological polar surface area (TPSA) is 18.5 Å². The van der Waals surface area contributed by atoms with E-state index >= 15 is 0 Å². The summed E-state index contributed by atoms with van der Waals surface area (Å²) in [7, 11) is 6.36. The van der Waals surface area contributed by atoms with Crippen LogP contribution in [0, 0.1) is 0 Å². The molecule has 1 aromatic rings. The second-order valence-corrected chi connectivity index (χ2v) is 5.43. The van der Waals surface area contributed by atoms with E-state index < -0.39 is 0 Å². The number of rotatable bonds is 7. The molecular formula is C15H27N3. The molecule has 1 aromatic carbocycles. The maximum atomic E-state index is 3.43. The van der Waals surface area contributed by atoms with Crippen LogP contribution in [0.1, 0.15) is 19.4 Å². The van der Waals surface area contributed by atoms with Crippen LogP contribution in [0.15, 0.2) is 24.3 Å². The Bertz CT molecular complexity index is 330. The summed E-state index contributed by atoms with van der Waals surface area (Å²) in [5.74, 6) is 0. The summed E-state index contributed by atoms with van der Waals surface area (Å²) in [5, 5.41) is 3.43. The molecule has 0 saturated carbocycles. The largest absolute Gasteiger partial charge is 0.373 e. The number of likely N-dealkylation sites (N-methyl/N-ethyl adjacent to an activating group) is 2. The van der Waals surface area contributed by atoms with Crippen LogP contribution in [-0.4, -0.2) is 45.2 Å². The second kappa shape index (κ2) is 7.39. The van der Waals surface area contributed by atoms with Gasteiger partial charge in [0.2, 0.25) is 0 Å². The van der Waals surface area contributed by atoms with Gasteiger partial charge >= 0.3 is 0 Å². The standard InChI is InChI=1S/C15H27N3/c1-13(2)16-12-14-6-8-15(9-7-14)18(5)11-10-17(3)4/h6-9,13,16H,10-12H2,1-5H3. The van der Waals surface area contributed by atoms with E-state index in [-0.39, 0.29) is 0 Å². The van der Waals surface area contributed by atoms with Gasteiger partial charge in [-0.05, 0) is 31.8 Å². The maximum Gasteiger partial charge on any atom is 0.0364 e. The van der Waals surface area contributed by atoms with E-state index in [2.05, 4.69) is 74.4 Å². The van der Waals surface area contributed by atoms with Crippen molar-refractivity contribution in [3.8, 4) is 0 Å². The molecule has 0 fully saturated rings. The molecule has 18 heavy (non-hydrogen) atoms. The molecule has 0 heterocycles. The van der Waals surface area contributed by atoms with Crippen molar-refractivity contribution < 1.29 is 0 Å². The normalized spacial score (nSPS) is 11.3. The summed E-state index contributed by atoms with van der Waals surface area (Å²) < 4.78 is 0. The van der Waals surface area contributed by atoms with Gasteiger partial charge in [-0.1, -0.05) is 26.0 Å². The number of anilines is 1. The molecule has 0 spiro atoms. The van der Waals surface area contributed by atoms with Crippen LogP contribution in [0.5, 0.6) is 0 Å². The molecule has 0 radical (unpaired) electrons. The summed E-state index contributed by atoms with van der Waals surface area (Å²) in [4.78, 5) is 4.50. The minimum absolute atomic E-state index is 0.535. The molecule has 102 valence electrons. The van der Waals surface area contributed by atoms with E-state index in [1.807, 2.05) is 0 Å². The highest BCUT2D eigenvalue weighted by Crippen LogP contribution is 2.13. The fraction of sp³-hybridized carbons (Fsp3) is 0.600. The van der Waals surface area contributed by atoms with Gasteiger partial charge in [-0.2, -0.15) is 0 Å². The van der Waals surface area contributed by atoms with Crippen LogP contribution in [0.2, 0.25) is 0 Å². The van der Waals surface area contributed by atoms with Crippen molar-refractivity contribution in [1.29, 1.82) is 0 Å². The summed E-state index contributed by atoms with van der Waals surface area (Å²) >= 11 is 0. The van der Waals surface area contributed by atoms with Crippen molar-refractivity contribution >= 4 is 5.69 Å². The number of hydrogen-bond acceptors (Lipinski definition) is 3. The third kappa shape index (κ3) is 5.52. The smallest absolute Gasteiger partial charge is 0.0364 e. The lowest BCUT2D eigenvalue weighted by atomic mass is 10.2. The Morgan fingerprint density at radius 1 is 1.00 bits per heavy atom. The monoisotopic (exact) mass is 249 g/mol. The lowest BCUT2D eigenvalue weighted by Crippen LogP contribution is -2.28. The van der Waals surface area contributed by atoms with E-state index in [4.69, 9.17) is 0 Å². The highest BCUT2D eigenvalue weighted by molar-refractivity contribution is 5.46. The fourth-order valence-electron chi connectivity index (χ4n) is 1.67. The van der Waals surface area contributed by atoms with E-state index in [0.29, 0.717) is 6.04 Å². The van der Waals surface area contributed by atoms with Crippen molar-refractivity contribution in [1.82, 2.24) is 10.2 Å². The molecule has 0 aromatic heterocycles. The molecule has 0 atom stereocenters. The van der Waals surface area contributed by atoms with Crippen molar-refractivity contribution in [2.75, 3.05) is 39.1 Å². The zero-order valence-corrected chi connectivity index (χ0v) is 12.4. The third-order valence-electron chi connectivity index (χ3n) is 2.97. The number of benzene rings is 1. The Hall–Kier alpha value is -1.06. The molecule has 0 unspecified atom stereocenters. The van der Waals surface area contributed by atoms with Crippen LogP contribution < -0.4 is 10.2 Å². The Morgan fingerprint density at radius 3 is 2.11 bits per heavy atom. The molecule has 0 saturated heterocycles. The number of nitrogens with one attached hydrogen (secondary N) is 1. The Balaban J connectivity index is 2.48. The fourth-order valence-corrected chi connectivity index (χ4v) is 1.67. The highest BCUT2D eigenvalue weighted by atomic mass is 15.1. The van der Waals surface area contributed by atoms with Crippen LogP contribution in [-0.2, 0) is 6.54 Å². The van der Waals surface area contributed by atoms with Crippen molar-refractivity contribution in [2.24, 2.45) is 0 Å². The average molecular weight is 249 g/mol. The third-order valence-corrected chi connectivity index (χ3v) is 2.97. The molecule has 3 nitrogen and oxygen atoms in total. The highest BCUT2D eigenvalue weighted by Gasteiger charge is 2.02. The molecular weight excluding hydrogens is 222 g/mol. The van der Waals surface area contributed by atoms with E-state index in [1.54, 1.807) is 0 Å². The minimum Gasteiger partial charge on any atom is -0.373 e. The lowest BCUT2D eigenvalue weighted by Gasteiger charge is -2.21. The summed E-state index contributed by atoms with van der Waals surface area (Å²) in [6, 6.07) is 9.35. The molecule has 1 N–H and O–H groups in total. The molecule has 0 amide bonds. The quantitative estimate of drug-likeness (QED) is 0.799. The van der Waals surface area contributed by atoms with E-state index in [0.717, 1.165) is 19.6 Å². The maximum absolute atomic E-state index is 3.43. The lowest BCUT2D eigenvalue weighted by molar-refractivity contribution is 0.416. The zero-order valence-electron chi connectivity index (χ0n) is 12.4. The molecule has 1 rings (SSSR count).